The maximum absolute atomic E-state index is 15.7. The molecule has 2 aliphatic heterocycles. The van der Waals surface area contributed by atoms with Gasteiger partial charge in [-0.05, 0) is 42.8 Å². The topological polar surface area (TPSA) is 83.4 Å². The number of pyridine rings is 1. The maximum Gasteiger partial charge on any atom is 0.446 e. The van der Waals surface area contributed by atoms with Gasteiger partial charge in [-0.25, -0.2) is 4.39 Å². The molecular weight excluding hydrogens is 462 g/mol. The highest BCUT2D eigenvalue weighted by molar-refractivity contribution is 8.00. The van der Waals surface area contributed by atoms with Crippen LogP contribution in [0.5, 0.6) is 11.8 Å². The minimum Gasteiger partial charge on any atom is -0.508 e. The van der Waals surface area contributed by atoms with Gasteiger partial charge in [-0.2, -0.15) is 23.1 Å². The third-order valence-corrected chi connectivity index (χ3v) is 6.59. The standard InChI is InChI=1S/C21H19F4N5O2S/c1-32-20-28-18-14(19(29-20)30-8-10-2-3-11(9-30)27-10)7-26-17(16(18)22)13-6-12(31)4-5-15(13)33-21(23,24)25/h4-7,10-11,27,31H,2-3,8-9H2,1H3. The molecule has 2 bridgehead atoms. The molecule has 2 unspecified atom stereocenters. The van der Waals surface area contributed by atoms with Crippen LogP contribution in [0.2, 0.25) is 0 Å². The molecule has 2 saturated heterocycles. The summed E-state index contributed by atoms with van der Waals surface area (Å²) in [7, 11) is 1.36. The molecule has 2 aromatic heterocycles. The van der Waals surface area contributed by atoms with Gasteiger partial charge >= 0.3 is 11.5 Å². The first kappa shape index (κ1) is 22.0. The van der Waals surface area contributed by atoms with E-state index in [1.54, 1.807) is 0 Å². The van der Waals surface area contributed by atoms with Crippen molar-refractivity contribution < 1.29 is 27.4 Å². The van der Waals surface area contributed by atoms with Crippen molar-refractivity contribution in [2.75, 3.05) is 25.1 Å². The quantitative estimate of drug-likeness (QED) is 0.426. The Morgan fingerprint density at radius 2 is 1.91 bits per heavy atom. The van der Waals surface area contributed by atoms with Gasteiger partial charge in [0.05, 0.1) is 12.5 Å². The average Bonchev–Trinajstić information content (AvgIpc) is 3.11. The number of piperazine rings is 1. The Bertz CT molecular complexity index is 1210. The fraction of sp³-hybridized carbons (Fsp3) is 0.381. The number of fused-ring (bicyclic) bond motifs is 3. The number of alkyl halides is 3. The van der Waals surface area contributed by atoms with E-state index in [1.165, 1.54) is 13.3 Å². The molecule has 3 aromatic rings. The number of ether oxygens (including phenoxy) is 1. The van der Waals surface area contributed by atoms with Crippen molar-refractivity contribution in [3.8, 4) is 23.0 Å². The van der Waals surface area contributed by atoms with Crippen molar-refractivity contribution in [2.45, 2.75) is 35.3 Å². The summed E-state index contributed by atoms with van der Waals surface area (Å²) in [5.74, 6) is -0.758. The second kappa shape index (κ2) is 8.17. The van der Waals surface area contributed by atoms with E-state index >= 15 is 4.39 Å². The van der Waals surface area contributed by atoms with Gasteiger partial charge in [-0.1, -0.05) is 0 Å². The highest BCUT2D eigenvalue weighted by Crippen LogP contribution is 2.44. The molecule has 0 saturated carbocycles. The number of benzene rings is 1. The SMILES string of the molecule is COc1nc(N2CC3CCC(C2)N3)c2cnc(-c3cc(O)ccc3SC(F)(F)F)c(F)c2n1. The normalized spacial score (nSPS) is 20.5. The molecule has 1 aromatic carbocycles. The van der Waals surface area contributed by atoms with E-state index in [2.05, 4.69) is 20.3 Å². The largest absolute Gasteiger partial charge is 0.508 e. The number of halogens is 4. The summed E-state index contributed by atoms with van der Waals surface area (Å²) < 4.78 is 60.1. The predicted molar refractivity (Wildman–Crippen MR) is 115 cm³/mol. The summed E-state index contributed by atoms with van der Waals surface area (Å²) in [6.07, 6.45) is 3.43. The summed E-state index contributed by atoms with van der Waals surface area (Å²) >= 11 is -0.404. The number of hydrogen-bond acceptors (Lipinski definition) is 8. The molecule has 2 atom stereocenters. The zero-order chi connectivity index (χ0) is 23.3. The van der Waals surface area contributed by atoms with Crippen molar-refractivity contribution in [2.24, 2.45) is 0 Å². The maximum atomic E-state index is 15.7. The van der Waals surface area contributed by atoms with Gasteiger partial charge in [0.15, 0.2) is 5.82 Å². The number of thioether (sulfide) groups is 1. The number of phenolic OH excluding ortho intramolecular Hbond substituents is 1. The van der Waals surface area contributed by atoms with Gasteiger partial charge < -0.3 is 20.1 Å². The van der Waals surface area contributed by atoms with Crippen LogP contribution in [0.25, 0.3) is 22.2 Å². The minimum atomic E-state index is -4.60. The molecule has 0 aliphatic carbocycles. The van der Waals surface area contributed by atoms with Crippen LogP contribution < -0.4 is 15.0 Å². The monoisotopic (exact) mass is 481 g/mol. The van der Waals surface area contributed by atoms with E-state index in [0.29, 0.717) is 36.4 Å². The molecule has 33 heavy (non-hydrogen) atoms. The zero-order valence-corrected chi connectivity index (χ0v) is 18.2. The van der Waals surface area contributed by atoms with E-state index in [0.717, 1.165) is 31.0 Å². The number of nitrogens with zero attached hydrogens (tertiary/aromatic N) is 4. The Balaban J connectivity index is 1.65. The smallest absolute Gasteiger partial charge is 0.446 e. The highest BCUT2D eigenvalue weighted by Gasteiger charge is 2.35. The number of phenols is 1. The Kier molecular flexibility index (Phi) is 5.44. The molecule has 2 N–H and O–H groups in total. The second-order valence-electron chi connectivity index (χ2n) is 7.99. The molecule has 2 fully saturated rings. The van der Waals surface area contributed by atoms with Crippen LogP contribution in [0, 0.1) is 5.82 Å². The number of hydrogen-bond donors (Lipinski definition) is 2. The van der Waals surface area contributed by atoms with Gasteiger partial charge in [0.1, 0.15) is 22.8 Å². The molecule has 0 radical (unpaired) electrons. The van der Waals surface area contributed by atoms with E-state index in [4.69, 9.17) is 4.74 Å². The lowest BCUT2D eigenvalue weighted by molar-refractivity contribution is -0.0328. The lowest BCUT2D eigenvalue weighted by Crippen LogP contribution is -2.51. The zero-order valence-electron chi connectivity index (χ0n) is 17.4. The summed E-state index contributed by atoms with van der Waals surface area (Å²) in [6.45, 7) is 1.35. The number of aromatic hydroxyl groups is 1. The van der Waals surface area contributed by atoms with Gasteiger partial charge in [0.25, 0.3) is 0 Å². The fourth-order valence-corrected chi connectivity index (χ4v) is 5.08. The average molecular weight is 481 g/mol. The van der Waals surface area contributed by atoms with Crippen molar-refractivity contribution in [3.05, 3.63) is 30.2 Å². The molecule has 174 valence electrons. The third kappa shape index (κ3) is 4.24. The number of aromatic nitrogens is 3. The molecule has 12 heteroatoms. The first-order valence-electron chi connectivity index (χ1n) is 10.2. The van der Waals surface area contributed by atoms with E-state index in [9.17, 15) is 18.3 Å². The van der Waals surface area contributed by atoms with Crippen molar-refractivity contribution >= 4 is 28.5 Å². The van der Waals surface area contributed by atoms with Crippen LogP contribution in [0.15, 0.2) is 29.3 Å². The van der Waals surface area contributed by atoms with Crippen LogP contribution in [-0.4, -0.2) is 57.8 Å². The summed E-state index contributed by atoms with van der Waals surface area (Å²) in [6, 6.07) is 3.78. The molecule has 5 rings (SSSR count). The first-order valence-corrected chi connectivity index (χ1v) is 11.0. The van der Waals surface area contributed by atoms with Crippen LogP contribution in [0.4, 0.5) is 23.4 Å². The molecule has 4 heterocycles. The van der Waals surface area contributed by atoms with Crippen LogP contribution in [-0.2, 0) is 0 Å². The lowest BCUT2D eigenvalue weighted by Gasteiger charge is -2.34. The van der Waals surface area contributed by atoms with Gasteiger partial charge in [0, 0.05) is 41.8 Å². The second-order valence-corrected chi connectivity index (χ2v) is 9.09. The Morgan fingerprint density at radius 1 is 1.18 bits per heavy atom. The van der Waals surface area contributed by atoms with Crippen molar-refractivity contribution in [1.29, 1.82) is 0 Å². The van der Waals surface area contributed by atoms with Crippen LogP contribution >= 0.6 is 11.8 Å². The highest BCUT2D eigenvalue weighted by atomic mass is 32.2. The number of methoxy groups -OCH3 is 1. The molecule has 0 spiro atoms. The summed E-state index contributed by atoms with van der Waals surface area (Å²) in [5.41, 5.74) is -5.24. The summed E-state index contributed by atoms with van der Waals surface area (Å²) in [4.78, 5) is 14.5. The van der Waals surface area contributed by atoms with Gasteiger partial charge in [-0.15, -0.1) is 0 Å². The fourth-order valence-electron chi connectivity index (χ4n) is 4.43. The molecule has 7 nitrogen and oxygen atoms in total. The molecule has 0 amide bonds. The van der Waals surface area contributed by atoms with Gasteiger partial charge in [-0.3, -0.25) is 4.98 Å². The van der Waals surface area contributed by atoms with Gasteiger partial charge in [0.2, 0.25) is 0 Å². The Morgan fingerprint density at radius 3 is 2.58 bits per heavy atom. The number of rotatable bonds is 4. The first-order chi connectivity index (χ1) is 15.7. The van der Waals surface area contributed by atoms with Crippen molar-refractivity contribution in [3.63, 3.8) is 0 Å². The lowest BCUT2D eigenvalue weighted by atomic mass is 10.1. The third-order valence-electron chi connectivity index (χ3n) is 5.79. The Hall–Kier alpha value is -2.86. The van der Waals surface area contributed by atoms with E-state index < -0.39 is 23.1 Å². The van der Waals surface area contributed by atoms with E-state index in [1.807, 2.05) is 4.90 Å². The number of anilines is 1. The van der Waals surface area contributed by atoms with E-state index in [-0.39, 0.29) is 33.4 Å². The minimum absolute atomic E-state index is 0.0553. The van der Waals surface area contributed by atoms with Crippen LogP contribution in [0.1, 0.15) is 12.8 Å². The van der Waals surface area contributed by atoms with Crippen LogP contribution in [0.3, 0.4) is 0 Å². The molecular formula is C21H19F4N5O2S. The predicted octanol–water partition coefficient (Wildman–Crippen LogP) is 4.10. The van der Waals surface area contributed by atoms with Crippen molar-refractivity contribution in [1.82, 2.24) is 20.3 Å². The summed E-state index contributed by atoms with van der Waals surface area (Å²) in [5, 5.41) is 13.7. The molecule has 2 aliphatic rings. The number of nitrogens with one attached hydrogen (secondary N) is 1. The Labute approximate surface area is 190 Å².